The zero-order valence-electron chi connectivity index (χ0n) is 9.60. The number of aromatic nitrogens is 1. The van der Waals surface area contributed by atoms with Crippen molar-refractivity contribution in [1.29, 1.82) is 0 Å². The van der Waals surface area contributed by atoms with Crippen molar-refractivity contribution in [3.05, 3.63) is 24.0 Å². The van der Waals surface area contributed by atoms with Crippen LogP contribution < -0.4 is 10.6 Å². The van der Waals surface area contributed by atoms with Crippen LogP contribution in [-0.4, -0.2) is 18.1 Å². The first-order valence-electron chi connectivity index (χ1n) is 6.26. The second-order valence-corrected chi connectivity index (χ2v) is 5.11. The molecule has 0 spiro atoms. The molecule has 1 aliphatic carbocycles. The summed E-state index contributed by atoms with van der Waals surface area (Å²) in [5.41, 5.74) is 8.05. The van der Waals surface area contributed by atoms with Crippen LogP contribution in [0.15, 0.2) is 18.5 Å². The van der Waals surface area contributed by atoms with Crippen LogP contribution in [0.25, 0.3) is 0 Å². The highest BCUT2D eigenvalue weighted by atomic mass is 15.2. The van der Waals surface area contributed by atoms with Gasteiger partial charge in [0.05, 0.1) is 11.9 Å². The zero-order chi connectivity index (χ0) is 11.0. The summed E-state index contributed by atoms with van der Waals surface area (Å²) in [6, 6.07) is 2.19. The van der Waals surface area contributed by atoms with Crippen molar-refractivity contribution >= 4 is 5.69 Å². The van der Waals surface area contributed by atoms with E-state index in [1.807, 2.05) is 12.4 Å². The SMILES string of the molecule is NCc1cncc(N2C[C@@H]3CCC[C@H]3C2)c1. The number of hydrogen-bond acceptors (Lipinski definition) is 3. The number of hydrogen-bond donors (Lipinski definition) is 1. The Bertz CT molecular complexity index is 365. The quantitative estimate of drug-likeness (QED) is 0.821. The first-order chi connectivity index (χ1) is 7.86. The summed E-state index contributed by atoms with van der Waals surface area (Å²) < 4.78 is 0. The minimum Gasteiger partial charge on any atom is -0.370 e. The number of rotatable bonds is 2. The van der Waals surface area contributed by atoms with E-state index in [0.29, 0.717) is 6.54 Å². The van der Waals surface area contributed by atoms with Crippen LogP contribution >= 0.6 is 0 Å². The Morgan fingerprint density at radius 2 is 2.00 bits per heavy atom. The van der Waals surface area contributed by atoms with Gasteiger partial charge in [0.15, 0.2) is 0 Å². The second-order valence-electron chi connectivity index (χ2n) is 5.11. The second kappa shape index (κ2) is 4.06. The summed E-state index contributed by atoms with van der Waals surface area (Å²) in [5, 5.41) is 0. The highest BCUT2D eigenvalue weighted by molar-refractivity contribution is 5.47. The van der Waals surface area contributed by atoms with Gasteiger partial charge in [-0.15, -0.1) is 0 Å². The predicted molar refractivity (Wildman–Crippen MR) is 65.2 cm³/mol. The molecule has 0 bridgehead atoms. The van der Waals surface area contributed by atoms with E-state index in [9.17, 15) is 0 Å². The average molecular weight is 217 g/mol. The van der Waals surface area contributed by atoms with Crippen molar-refractivity contribution in [1.82, 2.24) is 4.98 Å². The molecule has 3 rings (SSSR count). The van der Waals surface area contributed by atoms with Crippen molar-refractivity contribution in [2.45, 2.75) is 25.8 Å². The van der Waals surface area contributed by atoms with Gasteiger partial charge in [0.1, 0.15) is 0 Å². The van der Waals surface area contributed by atoms with Crippen LogP contribution in [-0.2, 0) is 6.54 Å². The molecular formula is C13H19N3. The van der Waals surface area contributed by atoms with Crippen LogP contribution in [0.2, 0.25) is 0 Å². The van der Waals surface area contributed by atoms with Crippen LogP contribution in [0.3, 0.4) is 0 Å². The van der Waals surface area contributed by atoms with Gasteiger partial charge in [0.2, 0.25) is 0 Å². The van der Waals surface area contributed by atoms with E-state index in [4.69, 9.17) is 5.73 Å². The molecule has 0 radical (unpaired) electrons. The average Bonchev–Trinajstić information content (AvgIpc) is 2.89. The molecule has 1 saturated heterocycles. The molecule has 0 unspecified atom stereocenters. The smallest absolute Gasteiger partial charge is 0.0556 e. The van der Waals surface area contributed by atoms with Gasteiger partial charge in [0.25, 0.3) is 0 Å². The van der Waals surface area contributed by atoms with Crippen molar-refractivity contribution < 1.29 is 0 Å². The zero-order valence-corrected chi connectivity index (χ0v) is 9.60. The van der Waals surface area contributed by atoms with E-state index in [1.54, 1.807) is 0 Å². The fourth-order valence-electron chi connectivity index (χ4n) is 3.20. The highest BCUT2D eigenvalue weighted by Crippen LogP contribution is 2.39. The van der Waals surface area contributed by atoms with Crippen molar-refractivity contribution in [3.63, 3.8) is 0 Å². The van der Waals surface area contributed by atoms with Gasteiger partial charge < -0.3 is 10.6 Å². The lowest BCUT2D eigenvalue weighted by molar-refractivity contribution is 0.494. The van der Waals surface area contributed by atoms with Gasteiger partial charge in [-0.05, 0) is 36.3 Å². The molecule has 3 nitrogen and oxygen atoms in total. The molecule has 1 aliphatic heterocycles. The molecule has 1 saturated carbocycles. The Morgan fingerprint density at radius 1 is 1.25 bits per heavy atom. The Labute approximate surface area is 96.7 Å². The van der Waals surface area contributed by atoms with Crippen molar-refractivity contribution in [2.24, 2.45) is 17.6 Å². The van der Waals surface area contributed by atoms with Crippen LogP contribution in [0.5, 0.6) is 0 Å². The molecule has 0 amide bonds. The van der Waals surface area contributed by atoms with Crippen molar-refractivity contribution in [3.8, 4) is 0 Å². The maximum atomic E-state index is 5.65. The lowest BCUT2D eigenvalue weighted by Gasteiger charge is -2.19. The van der Waals surface area contributed by atoms with Crippen LogP contribution in [0.1, 0.15) is 24.8 Å². The van der Waals surface area contributed by atoms with Gasteiger partial charge in [-0.2, -0.15) is 0 Å². The molecule has 16 heavy (non-hydrogen) atoms. The minimum absolute atomic E-state index is 0.585. The Kier molecular flexibility index (Phi) is 2.56. The fraction of sp³-hybridized carbons (Fsp3) is 0.615. The monoisotopic (exact) mass is 217 g/mol. The molecule has 1 aromatic heterocycles. The molecular weight excluding hydrogens is 198 g/mol. The van der Waals surface area contributed by atoms with E-state index in [0.717, 1.165) is 17.4 Å². The third kappa shape index (κ3) is 1.69. The van der Waals surface area contributed by atoms with Crippen LogP contribution in [0.4, 0.5) is 5.69 Å². The van der Waals surface area contributed by atoms with Gasteiger partial charge in [-0.25, -0.2) is 0 Å². The molecule has 2 N–H and O–H groups in total. The van der Waals surface area contributed by atoms with Crippen molar-refractivity contribution in [2.75, 3.05) is 18.0 Å². The van der Waals surface area contributed by atoms with Crippen LogP contribution in [0, 0.1) is 11.8 Å². The molecule has 0 aromatic carbocycles. The van der Waals surface area contributed by atoms with E-state index in [2.05, 4.69) is 16.0 Å². The molecule has 1 aromatic rings. The lowest BCUT2D eigenvalue weighted by atomic mass is 10.0. The summed E-state index contributed by atoms with van der Waals surface area (Å²) in [5.74, 6) is 1.86. The normalized spacial score (nSPS) is 28.4. The minimum atomic E-state index is 0.585. The lowest BCUT2D eigenvalue weighted by Crippen LogP contribution is -2.21. The summed E-state index contributed by atoms with van der Waals surface area (Å²) in [6.45, 7) is 3.03. The predicted octanol–water partition coefficient (Wildman–Crippen LogP) is 1.78. The third-order valence-electron chi connectivity index (χ3n) is 4.11. The number of anilines is 1. The number of nitrogens with two attached hydrogens (primary N) is 1. The molecule has 2 heterocycles. The number of fused-ring (bicyclic) bond motifs is 1. The van der Waals surface area contributed by atoms with E-state index < -0.39 is 0 Å². The van der Waals surface area contributed by atoms with Gasteiger partial charge >= 0.3 is 0 Å². The number of nitrogens with zero attached hydrogens (tertiary/aromatic N) is 2. The van der Waals surface area contributed by atoms with Gasteiger partial charge in [-0.3, -0.25) is 4.98 Å². The van der Waals surface area contributed by atoms with Gasteiger partial charge in [-0.1, -0.05) is 6.42 Å². The Hall–Kier alpha value is -1.09. The summed E-state index contributed by atoms with van der Waals surface area (Å²) in [4.78, 5) is 6.76. The first kappa shape index (κ1) is 10.1. The third-order valence-corrected chi connectivity index (χ3v) is 4.11. The standard InChI is InChI=1S/C13H19N3/c14-5-10-4-13(7-15-6-10)16-8-11-2-1-3-12(11)9-16/h4,6-7,11-12H,1-3,5,8-9,14H2/t11-,12-/m0/s1. The molecule has 2 fully saturated rings. The van der Waals surface area contributed by atoms with Gasteiger partial charge in [0, 0.05) is 25.8 Å². The summed E-state index contributed by atoms with van der Waals surface area (Å²) in [7, 11) is 0. The summed E-state index contributed by atoms with van der Waals surface area (Å²) in [6.07, 6.45) is 8.11. The topological polar surface area (TPSA) is 42.1 Å². The largest absolute Gasteiger partial charge is 0.370 e. The summed E-state index contributed by atoms with van der Waals surface area (Å²) >= 11 is 0. The molecule has 86 valence electrons. The maximum absolute atomic E-state index is 5.65. The molecule has 2 atom stereocenters. The molecule has 2 aliphatic rings. The highest BCUT2D eigenvalue weighted by Gasteiger charge is 2.36. The number of pyridine rings is 1. The van der Waals surface area contributed by atoms with E-state index >= 15 is 0 Å². The first-order valence-corrected chi connectivity index (χ1v) is 6.26. The fourth-order valence-corrected chi connectivity index (χ4v) is 3.20. The Morgan fingerprint density at radius 3 is 2.69 bits per heavy atom. The maximum Gasteiger partial charge on any atom is 0.0556 e. The molecule has 3 heteroatoms. The Balaban J connectivity index is 1.78. The van der Waals surface area contributed by atoms with E-state index in [-0.39, 0.29) is 0 Å². The van der Waals surface area contributed by atoms with E-state index in [1.165, 1.54) is 38.0 Å².